The Hall–Kier alpha value is -0.630. The highest BCUT2D eigenvalue weighted by Crippen LogP contribution is 2.70. The van der Waals surface area contributed by atoms with E-state index in [0.29, 0.717) is 16.6 Å². The van der Waals surface area contributed by atoms with Crippen LogP contribution in [-0.2, 0) is 6.42 Å². The lowest BCUT2D eigenvalue weighted by Crippen LogP contribution is -2.57. The fraction of sp³-hybridized carbons (Fsp3) is 0.737. The number of hydrogen-bond acceptors (Lipinski definition) is 2. The monoisotopic (exact) mass is 302 g/mol. The molecule has 2 heteroatoms. The highest BCUT2D eigenvalue weighted by atomic mass is 32.1. The lowest BCUT2D eigenvalue weighted by Gasteiger charge is -2.64. The Morgan fingerprint density at radius 3 is 2.33 bits per heavy atom. The minimum Gasteiger partial charge on any atom is -0.293 e. The first-order valence-electron chi connectivity index (χ1n) is 8.49. The number of carbonyl (C=O) groups excluding carboxylic acids is 1. The number of ketones is 1. The van der Waals surface area contributed by atoms with E-state index in [1.807, 2.05) is 0 Å². The molecular formula is C19H26OS. The van der Waals surface area contributed by atoms with Crippen LogP contribution in [0.2, 0.25) is 0 Å². The van der Waals surface area contributed by atoms with Gasteiger partial charge in [0.2, 0.25) is 0 Å². The summed E-state index contributed by atoms with van der Waals surface area (Å²) in [5, 5.41) is 0. The molecule has 0 aromatic carbocycles. The predicted octanol–water partition coefficient (Wildman–Crippen LogP) is 5.49. The van der Waals surface area contributed by atoms with Crippen molar-refractivity contribution in [1.82, 2.24) is 0 Å². The van der Waals surface area contributed by atoms with Gasteiger partial charge in [0.1, 0.15) is 0 Å². The molecule has 1 aromatic rings. The van der Waals surface area contributed by atoms with Gasteiger partial charge >= 0.3 is 0 Å². The number of hydrogen-bond donors (Lipinski definition) is 0. The molecule has 4 aliphatic carbocycles. The third-order valence-electron chi connectivity index (χ3n) is 6.34. The Morgan fingerprint density at radius 2 is 1.81 bits per heavy atom. The molecule has 2 atom stereocenters. The van der Waals surface area contributed by atoms with Crippen molar-refractivity contribution >= 4 is 17.1 Å². The van der Waals surface area contributed by atoms with Crippen molar-refractivity contribution in [1.29, 1.82) is 0 Å². The van der Waals surface area contributed by atoms with Crippen molar-refractivity contribution in [3.8, 4) is 0 Å². The van der Waals surface area contributed by atoms with Crippen molar-refractivity contribution in [3.63, 3.8) is 0 Å². The number of thiophene rings is 1. The number of Topliss-reactive ketones (excluding diaryl/α,β-unsaturated/α-hetero) is 1. The zero-order chi connectivity index (χ0) is 14.9. The van der Waals surface area contributed by atoms with Crippen molar-refractivity contribution < 1.29 is 4.79 Å². The summed E-state index contributed by atoms with van der Waals surface area (Å²) in [6, 6.07) is 4.25. The van der Waals surface area contributed by atoms with E-state index in [2.05, 4.69) is 32.9 Å². The van der Waals surface area contributed by atoms with Crippen LogP contribution in [0.4, 0.5) is 0 Å². The molecule has 5 rings (SSSR count). The van der Waals surface area contributed by atoms with E-state index in [0.717, 1.165) is 36.5 Å². The first-order valence-corrected chi connectivity index (χ1v) is 9.31. The average Bonchev–Trinajstić information content (AvgIpc) is 2.81. The zero-order valence-electron chi connectivity index (χ0n) is 13.5. The summed E-state index contributed by atoms with van der Waals surface area (Å²) in [7, 11) is 0. The fourth-order valence-corrected chi connectivity index (χ4v) is 7.66. The number of carbonyl (C=O) groups is 1. The van der Waals surface area contributed by atoms with Gasteiger partial charge in [0.05, 0.1) is 4.88 Å². The molecule has 0 spiro atoms. The molecule has 4 fully saturated rings. The van der Waals surface area contributed by atoms with Crippen LogP contribution in [0.5, 0.6) is 0 Å². The van der Waals surface area contributed by atoms with E-state index >= 15 is 0 Å². The molecule has 1 nitrogen and oxygen atoms in total. The third-order valence-corrected chi connectivity index (χ3v) is 7.57. The third kappa shape index (κ3) is 2.05. The second-order valence-corrected chi connectivity index (χ2v) is 10.0. The molecule has 0 saturated heterocycles. The van der Waals surface area contributed by atoms with Crippen molar-refractivity contribution in [2.45, 2.75) is 65.7 Å². The molecule has 0 N–H and O–H groups in total. The molecule has 2 unspecified atom stereocenters. The molecule has 1 heterocycles. The smallest absolute Gasteiger partial charge is 0.178 e. The maximum Gasteiger partial charge on any atom is 0.178 e. The van der Waals surface area contributed by atoms with Gasteiger partial charge < -0.3 is 0 Å². The van der Waals surface area contributed by atoms with Crippen LogP contribution in [0.3, 0.4) is 0 Å². The van der Waals surface area contributed by atoms with E-state index in [9.17, 15) is 4.79 Å². The SMILES string of the molecule is CCc1ccc(C(=O)C23CC4CC(C)(CC(C)(C4)C2)C3)s1. The quantitative estimate of drug-likeness (QED) is 0.675. The fourth-order valence-electron chi connectivity index (χ4n) is 6.65. The summed E-state index contributed by atoms with van der Waals surface area (Å²) in [6.07, 6.45) is 8.56. The van der Waals surface area contributed by atoms with E-state index in [4.69, 9.17) is 0 Å². The summed E-state index contributed by atoms with van der Waals surface area (Å²) >= 11 is 1.74. The molecular weight excluding hydrogens is 276 g/mol. The number of rotatable bonds is 3. The Labute approximate surface area is 132 Å². The van der Waals surface area contributed by atoms with Crippen LogP contribution in [0.15, 0.2) is 12.1 Å². The first-order chi connectivity index (χ1) is 9.85. The van der Waals surface area contributed by atoms with E-state index < -0.39 is 0 Å². The highest BCUT2D eigenvalue weighted by molar-refractivity contribution is 7.14. The predicted molar refractivity (Wildman–Crippen MR) is 87.9 cm³/mol. The van der Waals surface area contributed by atoms with Crippen LogP contribution in [-0.4, -0.2) is 5.78 Å². The van der Waals surface area contributed by atoms with Gasteiger partial charge in [-0.15, -0.1) is 11.3 Å². The van der Waals surface area contributed by atoms with Crippen LogP contribution in [0.25, 0.3) is 0 Å². The van der Waals surface area contributed by atoms with Gasteiger partial charge in [-0.25, -0.2) is 0 Å². The maximum atomic E-state index is 13.3. The van der Waals surface area contributed by atoms with Gasteiger partial charge in [-0.05, 0) is 73.8 Å². The van der Waals surface area contributed by atoms with Gasteiger partial charge in [0, 0.05) is 10.3 Å². The lowest BCUT2D eigenvalue weighted by atomic mass is 9.39. The number of aryl methyl sites for hydroxylation is 1. The van der Waals surface area contributed by atoms with Crippen LogP contribution < -0.4 is 0 Å². The molecule has 4 bridgehead atoms. The van der Waals surface area contributed by atoms with Crippen LogP contribution in [0, 0.1) is 22.2 Å². The van der Waals surface area contributed by atoms with E-state index in [1.165, 1.54) is 24.1 Å². The Bertz CT molecular complexity index is 580. The maximum absolute atomic E-state index is 13.3. The molecule has 0 radical (unpaired) electrons. The Kier molecular flexibility index (Phi) is 2.81. The Balaban J connectivity index is 1.72. The first kappa shape index (κ1) is 14.0. The lowest BCUT2D eigenvalue weighted by molar-refractivity contribution is -0.125. The van der Waals surface area contributed by atoms with Crippen LogP contribution in [0.1, 0.15) is 73.8 Å². The summed E-state index contributed by atoms with van der Waals surface area (Å²) in [4.78, 5) is 15.7. The van der Waals surface area contributed by atoms with Crippen LogP contribution >= 0.6 is 11.3 Å². The molecule has 114 valence electrons. The molecule has 1 aromatic heterocycles. The second-order valence-electron chi connectivity index (χ2n) is 8.86. The van der Waals surface area contributed by atoms with Gasteiger partial charge in [-0.3, -0.25) is 4.79 Å². The summed E-state index contributed by atoms with van der Waals surface area (Å²) < 4.78 is 0. The van der Waals surface area contributed by atoms with Crippen molar-refractivity contribution in [2.24, 2.45) is 22.2 Å². The normalized spacial score (nSPS) is 44.2. The molecule has 21 heavy (non-hydrogen) atoms. The van der Waals surface area contributed by atoms with Gasteiger partial charge in [-0.2, -0.15) is 0 Å². The summed E-state index contributed by atoms with van der Waals surface area (Å²) in [6.45, 7) is 7.07. The molecule has 0 aliphatic heterocycles. The highest BCUT2D eigenvalue weighted by Gasteiger charge is 2.62. The molecule has 0 amide bonds. The Morgan fingerprint density at radius 1 is 1.14 bits per heavy atom. The molecule has 4 saturated carbocycles. The minimum absolute atomic E-state index is 0.0290. The van der Waals surface area contributed by atoms with E-state index in [1.54, 1.807) is 11.3 Å². The zero-order valence-corrected chi connectivity index (χ0v) is 14.3. The topological polar surface area (TPSA) is 17.1 Å². The van der Waals surface area contributed by atoms with Gasteiger partial charge in [-0.1, -0.05) is 20.8 Å². The van der Waals surface area contributed by atoms with Gasteiger partial charge in [0.15, 0.2) is 5.78 Å². The van der Waals surface area contributed by atoms with Crippen molar-refractivity contribution in [2.75, 3.05) is 0 Å². The summed E-state index contributed by atoms with van der Waals surface area (Å²) in [5.74, 6) is 1.28. The van der Waals surface area contributed by atoms with E-state index in [-0.39, 0.29) is 5.41 Å². The second kappa shape index (κ2) is 4.22. The summed E-state index contributed by atoms with van der Waals surface area (Å²) in [5.41, 5.74) is 0.822. The largest absolute Gasteiger partial charge is 0.293 e. The van der Waals surface area contributed by atoms with Gasteiger partial charge in [0.25, 0.3) is 0 Å². The minimum atomic E-state index is -0.0290. The average molecular weight is 302 g/mol. The molecule has 4 aliphatic rings. The van der Waals surface area contributed by atoms with Crippen molar-refractivity contribution in [3.05, 3.63) is 21.9 Å². The standard InChI is InChI=1S/C19H26OS/c1-4-14-5-6-15(21-14)16(20)19-9-13-7-17(2,11-19)10-18(3,8-13)12-19/h5-6,13H,4,7-12H2,1-3H3.